The molecule has 0 spiro atoms. The Labute approximate surface area is 490 Å². The van der Waals surface area contributed by atoms with Crippen LogP contribution in [0.3, 0.4) is 0 Å². The standard InChI is InChI=1S/C62H72N6S8Si/c1-7-13-17-19-23-41-25-27-46(69-41)48-30-29-45(71-48)43-35-64-58(60-55(43)65-75-68-60)52-34-54-62(74-52)61-53(77(54,37-39(11-5)21-15-9-3)38-40(12-6)22-16-10-4)33-51(73-61)44-36-63-57(59-56(44)66-76-67-59)50-32-31-49(72-50)47-28-26-42(70-47)24-20-18-14-8-2/h25-36,39-40H,7-24,37-38H2,1-6H3. The van der Waals surface area contributed by atoms with Crippen molar-refractivity contribution < 1.29 is 0 Å². The van der Waals surface area contributed by atoms with E-state index < -0.39 is 8.07 Å². The zero-order valence-corrected chi connectivity index (χ0v) is 53.2. The van der Waals surface area contributed by atoms with Gasteiger partial charge in [0.25, 0.3) is 0 Å². The minimum absolute atomic E-state index is 0.683. The number of unbranched alkanes of at least 4 members (excludes halogenated alkanes) is 8. The topological polar surface area (TPSA) is 77.3 Å². The highest BCUT2D eigenvalue weighted by atomic mass is 32.1. The third-order valence-corrected chi connectivity index (χ3v) is 30.4. The molecule has 0 saturated heterocycles. The van der Waals surface area contributed by atoms with Crippen molar-refractivity contribution in [1.29, 1.82) is 0 Å². The van der Waals surface area contributed by atoms with Gasteiger partial charge in [0.05, 0.1) is 33.2 Å². The monoisotopic (exact) mass is 1180 g/mol. The van der Waals surface area contributed by atoms with Gasteiger partial charge in [-0.25, -0.2) is 0 Å². The maximum Gasteiger partial charge on any atom is 0.132 e. The van der Waals surface area contributed by atoms with Crippen LogP contribution in [0, 0.1) is 11.8 Å². The smallest absolute Gasteiger partial charge is 0.132 e. The van der Waals surface area contributed by atoms with Crippen molar-refractivity contribution in [3.8, 4) is 71.3 Å². The van der Waals surface area contributed by atoms with Gasteiger partial charge in [-0.1, -0.05) is 131 Å². The van der Waals surface area contributed by atoms with Crippen LogP contribution in [0.2, 0.25) is 12.1 Å². The molecule has 11 heterocycles. The summed E-state index contributed by atoms with van der Waals surface area (Å²) in [6.07, 6.45) is 27.0. The molecule has 0 N–H and O–H groups in total. The number of hydrogen-bond acceptors (Lipinski definition) is 14. The van der Waals surface area contributed by atoms with Gasteiger partial charge in [0.2, 0.25) is 0 Å². The molecule has 77 heavy (non-hydrogen) atoms. The Balaban J connectivity index is 0.966. The van der Waals surface area contributed by atoms with Gasteiger partial charge in [-0.3, -0.25) is 9.97 Å². The molecule has 1 aliphatic heterocycles. The highest BCUT2D eigenvalue weighted by Gasteiger charge is 2.50. The molecule has 402 valence electrons. The average Bonchev–Trinajstić information content (AvgIpc) is 4.45. The van der Waals surface area contributed by atoms with E-state index in [1.807, 2.05) is 68.0 Å². The number of pyridine rings is 2. The number of aromatic nitrogens is 6. The van der Waals surface area contributed by atoms with Crippen LogP contribution >= 0.6 is 91.5 Å². The zero-order valence-electron chi connectivity index (χ0n) is 45.7. The van der Waals surface area contributed by atoms with Gasteiger partial charge < -0.3 is 0 Å². The summed E-state index contributed by atoms with van der Waals surface area (Å²) >= 11 is 14.2. The molecule has 1 aliphatic rings. The van der Waals surface area contributed by atoms with E-state index in [-0.39, 0.29) is 0 Å². The SMILES string of the molecule is CCCCCCc1ccc(-c2ccc(-c3cnc(-c4cc5c(s4)-c4sc(-c6cnc(-c7ccc(-c8ccc(CCCCCC)s8)s7)c7nsnc67)cc4[Si]5(CC(CC)CCCC)CC(CC)CCCC)c4nsnc34)s2)s1. The summed E-state index contributed by atoms with van der Waals surface area (Å²) in [5.74, 6) is 1.37. The summed E-state index contributed by atoms with van der Waals surface area (Å²) in [6.45, 7) is 14.2. The van der Waals surface area contributed by atoms with Gasteiger partial charge >= 0.3 is 0 Å². The average molecular weight is 1190 g/mol. The molecule has 0 bridgehead atoms. The third-order valence-electron chi connectivity index (χ3n) is 16.2. The van der Waals surface area contributed by atoms with Gasteiger partial charge in [0.1, 0.15) is 41.5 Å². The Morgan fingerprint density at radius 3 is 1.36 bits per heavy atom. The Hall–Kier alpha value is -3.64. The van der Waals surface area contributed by atoms with Crippen molar-refractivity contribution in [3.05, 3.63) is 82.8 Å². The fourth-order valence-corrected chi connectivity index (χ4v) is 27.7. The van der Waals surface area contributed by atoms with E-state index in [2.05, 4.69) is 115 Å². The lowest BCUT2D eigenvalue weighted by Crippen LogP contribution is -2.56. The van der Waals surface area contributed by atoms with E-state index in [0.29, 0.717) is 11.8 Å². The maximum absolute atomic E-state index is 5.38. The van der Waals surface area contributed by atoms with E-state index >= 15 is 0 Å². The minimum atomic E-state index is -2.36. The summed E-state index contributed by atoms with van der Waals surface area (Å²) in [7, 11) is -2.36. The van der Waals surface area contributed by atoms with Gasteiger partial charge in [0, 0.05) is 72.3 Å². The first-order valence-electron chi connectivity index (χ1n) is 28.8. The molecular weight excluding hydrogens is 1110 g/mol. The Kier molecular flexibility index (Phi) is 18.3. The van der Waals surface area contributed by atoms with Gasteiger partial charge in [0.15, 0.2) is 0 Å². The second-order valence-corrected chi connectivity index (χ2v) is 33.2. The molecule has 10 aromatic heterocycles. The number of nitrogens with zero attached hydrogens (tertiary/aromatic N) is 6. The quantitative estimate of drug-likeness (QED) is 0.0359. The second-order valence-electron chi connectivity index (χ2n) is 21.5. The molecule has 11 rings (SSSR count). The number of fused-ring (bicyclic) bond motifs is 5. The first kappa shape index (κ1) is 55.3. The molecule has 15 heteroatoms. The Morgan fingerprint density at radius 1 is 0.403 bits per heavy atom. The molecule has 0 saturated carbocycles. The zero-order chi connectivity index (χ0) is 52.9. The molecule has 2 unspecified atom stereocenters. The lowest BCUT2D eigenvalue weighted by Gasteiger charge is -2.35. The number of rotatable bonds is 28. The van der Waals surface area contributed by atoms with Crippen molar-refractivity contribution >= 4 is 132 Å². The summed E-state index contributed by atoms with van der Waals surface area (Å²) in [5, 5.41) is 3.31. The fraction of sp³-hybridized carbons (Fsp3) is 0.452. The van der Waals surface area contributed by atoms with E-state index in [9.17, 15) is 0 Å². The second kappa shape index (κ2) is 25.4. The van der Waals surface area contributed by atoms with Gasteiger partial charge in [-0.2, -0.15) is 17.5 Å². The van der Waals surface area contributed by atoms with Crippen molar-refractivity contribution in [1.82, 2.24) is 27.5 Å². The predicted octanol–water partition coefficient (Wildman–Crippen LogP) is 21.1. The van der Waals surface area contributed by atoms with E-state index in [1.54, 1.807) is 10.4 Å². The summed E-state index contributed by atoms with van der Waals surface area (Å²) in [5.41, 5.74) is 7.90. The van der Waals surface area contributed by atoms with Crippen LogP contribution in [0.1, 0.15) is 154 Å². The lowest BCUT2D eigenvalue weighted by atomic mass is 10.0. The molecule has 2 atom stereocenters. The first-order chi connectivity index (χ1) is 37.9. The Morgan fingerprint density at radius 2 is 0.831 bits per heavy atom. The van der Waals surface area contributed by atoms with Crippen LogP contribution in [0.15, 0.2) is 73.1 Å². The van der Waals surface area contributed by atoms with Crippen molar-refractivity contribution in [2.45, 2.75) is 169 Å². The number of aryl methyl sites for hydroxylation is 2. The summed E-state index contributed by atoms with van der Waals surface area (Å²) in [4.78, 5) is 26.8. The molecule has 0 aliphatic carbocycles. The van der Waals surface area contributed by atoms with E-state index in [1.165, 1.54) is 205 Å². The Bertz CT molecular complexity index is 3310. The molecule has 0 amide bonds. The van der Waals surface area contributed by atoms with E-state index in [0.717, 1.165) is 49.5 Å². The van der Waals surface area contributed by atoms with Crippen LogP contribution in [0.5, 0.6) is 0 Å². The first-order valence-corrected chi connectivity index (χ1v) is 37.5. The van der Waals surface area contributed by atoms with Crippen LogP contribution < -0.4 is 10.4 Å². The van der Waals surface area contributed by atoms with Crippen molar-refractivity contribution in [2.24, 2.45) is 11.8 Å². The fourth-order valence-electron chi connectivity index (χ4n) is 11.8. The molecule has 0 aromatic carbocycles. The van der Waals surface area contributed by atoms with Crippen LogP contribution in [0.25, 0.3) is 93.4 Å². The predicted molar refractivity (Wildman–Crippen MR) is 346 cm³/mol. The molecule has 6 nitrogen and oxygen atoms in total. The molecule has 0 fully saturated rings. The lowest BCUT2D eigenvalue weighted by molar-refractivity contribution is 0.469. The van der Waals surface area contributed by atoms with Gasteiger partial charge in [-0.05, 0) is 121 Å². The maximum atomic E-state index is 5.38. The van der Waals surface area contributed by atoms with Crippen LogP contribution in [-0.4, -0.2) is 35.5 Å². The van der Waals surface area contributed by atoms with Crippen LogP contribution in [-0.2, 0) is 12.8 Å². The third kappa shape index (κ3) is 11.5. The summed E-state index contributed by atoms with van der Waals surface area (Å²) in [6, 6.07) is 26.2. The van der Waals surface area contributed by atoms with Gasteiger partial charge in [-0.15, -0.1) is 68.0 Å². The van der Waals surface area contributed by atoms with Crippen LogP contribution in [0.4, 0.5) is 0 Å². The normalized spacial score (nSPS) is 15.1. The number of hydrogen-bond donors (Lipinski definition) is 0. The highest BCUT2D eigenvalue weighted by molar-refractivity contribution is 7.32. The van der Waals surface area contributed by atoms with Crippen molar-refractivity contribution in [3.63, 3.8) is 0 Å². The molecule has 10 aromatic rings. The highest BCUT2D eigenvalue weighted by Crippen LogP contribution is 2.51. The summed E-state index contributed by atoms with van der Waals surface area (Å²) < 4.78 is 20.1. The molecular formula is C62H72N6S8Si. The number of thiophene rings is 6. The minimum Gasteiger partial charge on any atom is -0.252 e. The largest absolute Gasteiger partial charge is 0.252 e. The molecule has 0 radical (unpaired) electrons. The van der Waals surface area contributed by atoms with E-state index in [4.69, 9.17) is 27.5 Å². The van der Waals surface area contributed by atoms with Crippen molar-refractivity contribution in [2.75, 3.05) is 0 Å².